The summed E-state index contributed by atoms with van der Waals surface area (Å²) >= 11 is 3.32. The predicted molar refractivity (Wildman–Crippen MR) is 77.5 cm³/mol. The molecule has 1 heterocycles. The van der Waals surface area contributed by atoms with Crippen molar-refractivity contribution in [2.75, 3.05) is 7.05 Å². The third-order valence-corrected chi connectivity index (χ3v) is 3.99. The Morgan fingerprint density at radius 2 is 2.26 bits per heavy atom. The molecule has 1 N–H and O–H groups in total. The molecule has 2 rings (SSSR count). The first-order chi connectivity index (χ1) is 9.15. The lowest BCUT2D eigenvalue weighted by Gasteiger charge is -2.17. The molecule has 1 aromatic carbocycles. The Labute approximate surface area is 121 Å². The second kappa shape index (κ2) is 6.30. The zero-order valence-electron chi connectivity index (χ0n) is 11.0. The average Bonchev–Trinajstić information content (AvgIpc) is 2.87. The number of nitrogens with zero attached hydrogens (tertiary/aromatic N) is 2. The van der Waals surface area contributed by atoms with Crippen LogP contribution in [0.4, 0.5) is 4.39 Å². The summed E-state index contributed by atoms with van der Waals surface area (Å²) in [6.45, 7) is 2.91. The lowest BCUT2D eigenvalue weighted by atomic mass is 10.0. The van der Waals surface area contributed by atoms with E-state index in [1.807, 2.05) is 30.2 Å². The molecule has 0 fully saturated rings. The van der Waals surface area contributed by atoms with Gasteiger partial charge >= 0.3 is 0 Å². The second-order valence-corrected chi connectivity index (χ2v) is 5.19. The Bertz CT molecular complexity index is 553. The number of rotatable bonds is 5. The van der Waals surface area contributed by atoms with E-state index in [1.54, 1.807) is 6.07 Å². The van der Waals surface area contributed by atoms with Crippen LogP contribution in [0.25, 0.3) is 0 Å². The molecule has 0 amide bonds. The molecule has 0 saturated carbocycles. The number of nitrogens with one attached hydrogen (secondary N) is 1. The van der Waals surface area contributed by atoms with E-state index in [0.29, 0.717) is 4.47 Å². The molecule has 0 spiro atoms. The molecule has 0 radical (unpaired) electrons. The van der Waals surface area contributed by atoms with Crippen LogP contribution in [0.2, 0.25) is 0 Å². The predicted octanol–water partition coefficient (Wildman–Crippen LogP) is 3.31. The zero-order chi connectivity index (χ0) is 13.8. The normalized spacial score (nSPS) is 12.6. The van der Waals surface area contributed by atoms with Gasteiger partial charge in [-0.25, -0.2) is 4.39 Å². The van der Waals surface area contributed by atoms with E-state index in [0.717, 1.165) is 24.1 Å². The molecule has 5 heteroatoms. The van der Waals surface area contributed by atoms with Crippen molar-refractivity contribution in [3.63, 3.8) is 0 Å². The molecule has 2 aromatic rings. The molecule has 0 bridgehead atoms. The smallest absolute Gasteiger partial charge is 0.137 e. The molecule has 0 aliphatic carbocycles. The number of likely N-dealkylation sites (N-methyl/N-ethyl adjacent to an activating group) is 1. The van der Waals surface area contributed by atoms with Crippen LogP contribution in [0, 0.1) is 5.82 Å². The van der Waals surface area contributed by atoms with E-state index < -0.39 is 0 Å². The van der Waals surface area contributed by atoms with Gasteiger partial charge in [-0.3, -0.25) is 4.68 Å². The highest BCUT2D eigenvalue weighted by Gasteiger charge is 2.16. The molecule has 1 aromatic heterocycles. The van der Waals surface area contributed by atoms with Gasteiger partial charge in [0.15, 0.2) is 0 Å². The van der Waals surface area contributed by atoms with Crippen LogP contribution in [0.3, 0.4) is 0 Å². The van der Waals surface area contributed by atoms with E-state index in [4.69, 9.17) is 0 Å². The van der Waals surface area contributed by atoms with Crippen molar-refractivity contribution in [1.29, 1.82) is 0 Å². The Balaban J connectivity index is 2.22. The average molecular weight is 326 g/mol. The van der Waals surface area contributed by atoms with Crippen molar-refractivity contribution in [2.24, 2.45) is 0 Å². The summed E-state index contributed by atoms with van der Waals surface area (Å²) in [6.07, 6.45) is 4.66. The fourth-order valence-electron chi connectivity index (χ4n) is 2.08. The number of aryl methyl sites for hydroxylation is 1. The van der Waals surface area contributed by atoms with Crippen LogP contribution in [0.5, 0.6) is 0 Å². The minimum atomic E-state index is -0.234. The zero-order valence-corrected chi connectivity index (χ0v) is 12.6. The molecular weight excluding hydrogens is 309 g/mol. The maximum atomic E-state index is 13.6. The Morgan fingerprint density at radius 3 is 2.89 bits per heavy atom. The Kier molecular flexibility index (Phi) is 4.71. The summed E-state index contributed by atoms with van der Waals surface area (Å²) in [5, 5.41) is 7.49. The quantitative estimate of drug-likeness (QED) is 0.914. The van der Waals surface area contributed by atoms with Gasteiger partial charge < -0.3 is 5.32 Å². The van der Waals surface area contributed by atoms with Gasteiger partial charge in [0.25, 0.3) is 0 Å². The van der Waals surface area contributed by atoms with E-state index >= 15 is 0 Å². The van der Waals surface area contributed by atoms with Gasteiger partial charge in [-0.2, -0.15) is 5.10 Å². The third-order valence-electron chi connectivity index (χ3n) is 3.16. The van der Waals surface area contributed by atoms with Gasteiger partial charge in [0.2, 0.25) is 0 Å². The van der Waals surface area contributed by atoms with Crippen LogP contribution in [0.15, 0.2) is 35.1 Å². The van der Waals surface area contributed by atoms with Crippen molar-refractivity contribution in [3.8, 4) is 0 Å². The maximum absolute atomic E-state index is 13.6. The number of benzene rings is 1. The van der Waals surface area contributed by atoms with Crippen LogP contribution in [-0.4, -0.2) is 16.8 Å². The molecular formula is C14H17BrFN3. The number of hydrogen-bond donors (Lipinski definition) is 1. The summed E-state index contributed by atoms with van der Waals surface area (Å²) in [5.74, 6) is -0.234. The van der Waals surface area contributed by atoms with E-state index in [2.05, 4.69) is 33.3 Å². The second-order valence-electron chi connectivity index (χ2n) is 4.39. The molecule has 0 aliphatic rings. The SMILES string of the molecule is CCn1cc(CC(NC)c2cccc(F)c2Br)cn1. The van der Waals surface area contributed by atoms with Crippen LogP contribution in [0.1, 0.15) is 24.1 Å². The summed E-state index contributed by atoms with van der Waals surface area (Å²) in [5.41, 5.74) is 2.06. The lowest BCUT2D eigenvalue weighted by Crippen LogP contribution is -2.19. The number of hydrogen-bond acceptors (Lipinski definition) is 2. The van der Waals surface area contributed by atoms with Crippen molar-refractivity contribution in [1.82, 2.24) is 15.1 Å². The Morgan fingerprint density at radius 1 is 1.47 bits per heavy atom. The molecule has 102 valence electrons. The fraction of sp³-hybridized carbons (Fsp3) is 0.357. The summed E-state index contributed by atoms with van der Waals surface area (Å²) in [6, 6.07) is 5.17. The molecule has 1 atom stereocenters. The summed E-state index contributed by atoms with van der Waals surface area (Å²) < 4.78 is 16.0. The molecule has 0 saturated heterocycles. The summed E-state index contributed by atoms with van der Waals surface area (Å²) in [7, 11) is 1.88. The Hall–Kier alpha value is -1.20. The van der Waals surface area contributed by atoms with Crippen LogP contribution in [-0.2, 0) is 13.0 Å². The minimum Gasteiger partial charge on any atom is -0.313 e. The van der Waals surface area contributed by atoms with Gasteiger partial charge in [0.05, 0.1) is 10.7 Å². The number of halogens is 2. The standard InChI is InChI=1S/C14H17BrFN3/c1-3-19-9-10(8-18-19)7-13(17-2)11-5-4-6-12(16)14(11)15/h4-6,8-9,13,17H,3,7H2,1-2H3. The van der Waals surface area contributed by atoms with Gasteiger partial charge in [-0.05, 0) is 53.5 Å². The molecule has 0 aliphatic heterocycles. The first kappa shape index (κ1) is 14.2. The topological polar surface area (TPSA) is 29.9 Å². The van der Waals surface area contributed by atoms with E-state index in [9.17, 15) is 4.39 Å². The highest BCUT2D eigenvalue weighted by Crippen LogP contribution is 2.28. The molecule has 19 heavy (non-hydrogen) atoms. The van der Waals surface area contributed by atoms with Gasteiger partial charge in [0.1, 0.15) is 5.82 Å². The van der Waals surface area contributed by atoms with Gasteiger partial charge in [-0.15, -0.1) is 0 Å². The third kappa shape index (κ3) is 3.22. The highest BCUT2D eigenvalue weighted by molar-refractivity contribution is 9.10. The highest BCUT2D eigenvalue weighted by atomic mass is 79.9. The molecule has 1 unspecified atom stereocenters. The van der Waals surface area contributed by atoms with Gasteiger partial charge in [0, 0.05) is 18.8 Å². The lowest BCUT2D eigenvalue weighted by molar-refractivity contribution is 0.570. The maximum Gasteiger partial charge on any atom is 0.137 e. The van der Waals surface area contributed by atoms with E-state index in [-0.39, 0.29) is 11.9 Å². The first-order valence-corrected chi connectivity index (χ1v) is 7.07. The van der Waals surface area contributed by atoms with Crippen LogP contribution >= 0.6 is 15.9 Å². The first-order valence-electron chi connectivity index (χ1n) is 6.28. The fourth-order valence-corrected chi connectivity index (χ4v) is 2.62. The largest absolute Gasteiger partial charge is 0.313 e. The van der Waals surface area contributed by atoms with Gasteiger partial charge in [-0.1, -0.05) is 12.1 Å². The molecule has 3 nitrogen and oxygen atoms in total. The van der Waals surface area contributed by atoms with Crippen LogP contribution < -0.4 is 5.32 Å². The van der Waals surface area contributed by atoms with Crippen molar-refractivity contribution >= 4 is 15.9 Å². The van der Waals surface area contributed by atoms with Crippen molar-refractivity contribution in [3.05, 3.63) is 52.0 Å². The van der Waals surface area contributed by atoms with E-state index in [1.165, 1.54) is 6.07 Å². The minimum absolute atomic E-state index is 0.0552. The van der Waals surface area contributed by atoms with Crippen molar-refractivity contribution in [2.45, 2.75) is 25.9 Å². The number of aromatic nitrogens is 2. The van der Waals surface area contributed by atoms with Crippen molar-refractivity contribution < 1.29 is 4.39 Å². The monoisotopic (exact) mass is 325 g/mol. The summed E-state index contributed by atoms with van der Waals surface area (Å²) in [4.78, 5) is 0.